The highest BCUT2D eigenvalue weighted by molar-refractivity contribution is 8.09. The zero-order valence-electron chi connectivity index (χ0n) is 37.4. The van der Waals surface area contributed by atoms with Gasteiger partial charge in [0.2, 0.25) is 0 Å². The highest BCUT2D eigenvalue weighted by Gasteiger charge is 2.46. The molecule has 13 rings (SSSR count). The molecule has 0 spiro atoms. The van der Waals surface area contributed by atoms with Crippen molar-refractivity contribution in [1.82, 2.24) is 4.57 Å². The van der Waals surface area contributed by atoms with Crippen molar-refractivity contribution in [1.29, 1.82) is 0 Å². The molecule has 1 aliphatic carbocycles. The van der Waals surface area contributed by atoms with Gasteiger partial charge in [-0.1, -0.05) is 206 Å². The molecule has 11 aromatic rings. The first-order valence-electron chi connectivity index (χ1n) is 23.6. The van der Waals surface area contributed by atoms with E-state index < -0.39 is 5.41 Å². The third-order valence-corrected chi connectivity index (χ3v) is 15.6. The molecule has 1 aromatic heterocycles. The maximum atomic E-state index is 2.52. The summed E-state index contributed by atoms with van der Waals surface area (Å²) in [5.41, 5.74) is 19.3. The number of thioether (sulfide) groups is 1. The van der Waals surface area contributed by atoms with Crippen LogP contribution in [0.3, 0.4) is 0 Å². The van der Waals surface area contributed by atoms with Crippen molar-refractivity contribution in [3.8, 4) is 39.1 Å². The lowest BCUT2D eigenvalue weighted by Crippen LogP contribution is -2.28. The Morgan fingerprint density at radius 1 is 0.397 bits per heavy atom. The van der Waals surface area contributed by atoms with Gasteiger partial charge in [0.25, 0.3) is 0 Å². The van der Waals surface area contributed by atoms with Gasteiger partial charge in [-0.2, -0.15) is 0 Å². The topological polar surface area (TPSA) is 8.17 Å². The molecule has 0 saturated heterocycles. The largest absolute Gasteiger partial charge is 0.328 e. The van der Waals surface area contributed by atoms with Gasteiger partial charge in [-0.05, 0) is 122 Å². The van der Waals surface area contributed by atoms with Crippen LogP contribution in [0.2, 0.25) is 0 Å². The molecule has 0 amide bonds. The van der Waals surface area contributed by atoms with Gasteiger partial charge in [0, 0.05) is 32.7 Å². The molecule has 0 N–H and O–H groups in total. The molecule has 3 heteroatoms. The van der Waals surface area contributed by atoms with Crippen molar-refractivity contribution in [3.63, 3.8) is 0 Å². The number of benzene rings is 10. The van der Waals surface area contributed by atoms with Crippen LogP contribution >= 0.6 is 11.8 Å². The van der Waals surface area contributed by atoms with Crippen LogP contribution in [-0.2, 0) is 5.41 Å². The third-order valence-electron chi connectivity index (χ3n) is 14.2. The average Bonchev–Trinajstić information content (AvgIpc) is 4.12. The molecule has 0 radical (unpaired) electrons. The van der Waals surface area contributed by atoms with Crippen molar-refractivity contribution in [2.24, 2.45) is 0 Å². The molecule has 0 saturated carbocycles. The summed E-state index contributed by atoms with van der Waals surface area (Å²) < 4.78 is 2.47. The minimum absolute atomic E-state index is 0.222. The predicted molar refractivity (Wildman–Crippen MR) is 288 cm³/mol. The lowest BCUT2D eigenvalue weighted by atomic mass is 9.67. The van der Waals surface area contributed by atoms with Gasteiger partial charge in [0.05, 0.1) is 21.8 Å². The summed E-state index contributed by atoms with van der Waals surface area (Å²) in [7, 11) is 0. The highest BCUT2D eigenvalue weighted by Crippen LogP contribution is 2.57. The molecule has 68 heavy (non-hydrogen) atoms. The summed E-state index contributed by atoms with van der Waals surface area (Å²) in [6.07, 6.45) is 3.36. The first kappa shape index (κ1) is 40.2. The summed E-state index contributed by atoms with van der Waals surface area (Å²) in [5, 5.41) is 2.71. The Hall–Kier alpha value is -8.11. The number of rotatable bonds is 9. The van der Waals surface area contributed by atoms with E-state index in [0.717, 1.165) is 12.1 Å². The number of anilines is 2. The van der Waals surface area contributed by atoms with Gasteiger partial charge in [0.1, 0.15) is 0 Å². The smallest absolute Gasteiger partial charge is 0.0880 e. The van der Waals surface area contributed by atoms with Gasteiger partial charge < -0.3 is 9.47 Å². The van der Waals surface area contributed by atoms with Crippen LogP contribution in [0.1, 0.15) is 34.2 Å². The Morgan fingerprint density at radius 3 is 1.59 bits per heavy atom. The fourth-order valence-electron chi connectivity index (χ4n) is 11.1. The molecule has 1 unspecified atom stereocenters. The Morgan fingerprint density at radius 2 is 0.912 bits per heavy atom. The second-order valence-corrected chi connectivity index (χ2v) is 19.1. The summed E-state index contributed by atoms with van der Waals surface area (Å²) in [6.45, 7) is 0. The first-order valence-corrected chi connectivity index (χ1v) is 24.5. The SMILES string of the molecule is C1=C(c2ccccc2)SC(N(c2ccc(-c3ccccc3)cc2)c2ccc(-c3ccc4c(c3)c3ccccc3n4-c3ccc4c(c3)C(c3ccccc3)(c3ccccc3)c3ccccc3-4)cc2)C1. The normalized spacial score (nSPS) is 14.7. The molecule has 2 nitrogen and oxygen atoms in total. The van der Waals surface area contributed by atoms with Crippen molar-refractivity contribution < 1.29 is 0 Å². The van der Waals surface area contributed by atoms with E-state index in [0.29, 0.717) is 0 Å². The lowest BCUT2D eigenvalue weighted by molar-refractivity contribution is 0.767. The maximum absolute atomic E-state index is 2.52. The number of aromatic nitrogens is 1. The summed E-state index contributed by atoms with van der Waals surface area (Å²) in [4.78, 5) is 3.86. The van der Waals surface area contributed by atoms with Crippen LogP contribution in [0.5, 0.6) is 0 Å². The van der Waals surface area contributed by atoms with Gasteiger partial charge in [-0.25, -0.2) is 0 Å². The molecule has 0 bridgehead atoms. The van der Waals surface area contributed by atoms with E-state index in [2.05, 4.69) is 270 Å². The molecule has 10 aromatic carbocycles. The Balaban J connectivity index is 0.892. The van der Waals surface area contributed by atoms with E-state index in [-0.39, 0.29) is 5.37 Å². The average molecular weight is 887 g/mol. The van der Waals surface area contributed by atoms with Crippen LogP contribution in [0.4, 0.5) is 11.4 Å². The highest BCUT2D eigenvalue weighted by atomic mass is 32.2. The monoisotopic (exact) mass is 886 g/mol. The summed E-state index contributed by atoms with van der Waals surface area (Å²) >= 11 is 1.95. The van der Waals surface area contributed by atoms with E-state index in [1.165, 1.54) is 99.3 Å². The van der Waals surface area contributed by atoms with Crippen LogP contribution in [0.15, 0.2) is 261 Å². The minimum atomic E-state index is -0.471. The molecule has 1 atom stereocenters. The molecule has 2 aliphatic rings. The Kier molecular flexibility index (Phi) is 9.84. The van der Waals surface area contributed by atoms with Crippen molar-refractivity contribution in [2.45, 2.75) is 17.2 Å². The van der Waals surface area contributed by atoms with Crippen LogP contribution in [0, 0.1) is 0 Å². The van der Waals surface area contributed by atoms with Crippen molar-refractivity contribution in [2.75, 3.05) is 4.90 Å². The van der Waals surface area contributed by atoms with Crippen molar-refractivity contribution >= 4 is 49.8 Å². The molecule has 322 valence electrons. The molecule has 2 heterocycles. The van der Waals surface area contributed by atoms with Crippen LogP contribution in [0.25, 0.3) is 65.8 Å². The number of nitrogens with zero attached hydrogens (tertiary/aromatic N) is 2. The van der Waals surface area contributed by atoms with E-state index in [4.69, 9.17) is 0 Å². The van der Waals surface area contributed by atoms with Gasteiger partial charge in [0.15, 0.2) is 0 Å². The molecule has 1 aliphatic heterocycles. The van der Waals surface area contributed by atoms with Crippen molar-refractivity contribution in [3.05, 3.63) is 289 Å². The van der Waals surface area contributed by atoms with Gasteiger partial charge >= 0.3 is 0 Å². The van der Waals surface area contributed by atoms with E-state index in [9.17, 15) is 0 Å². The fraction of sp³-hybridized carbons (Fsp3) is 0.0462. The Labute approximate surface area is 402 Å². The van der Waals surface area contributed by atoms with Crippen LogP contribution in [-0.4, -0.2) is 9.94 Å². The molecular formula is C65H46N2S. The molecular weight excluding hydrogens is 841 g/mol. The fourth-order valence-corrected chi connectivity index (χ4v) is 12.4. The molecule has 0 fully saturated rings. The lowest BCUT2D eigenvalue weighted by Gasteiger charge is -2.34. The standard InChI is InChI=1S/C65H46N2S/c1-5-17-45(18-6-1)46-29-34-52(35-30-46)66(64-42-41-63(68-64)48-19-7-2-8-20-48)53-36-31-47(32-37-53)49-33-40-62-58(43-49)57-26-14-16-28-61(57)67(62)54-38-39-56-55-25-13-15-27-59(55)65(60(56)44-54,50-21-9-3-10-22-50)51-23-11-4-12-24-51/h1-41,43-44,64H,42H2. The van der Waals surface area contributed by atoms with Crippen LogP contribution < -0.4 is 4.90 Å². The third kappa shape index (κ3) is 6.57. The Bertz CT molecular complexity index is 3610. The number of para-hydroxylation sites is 1. The summed E-state index contributed by atoms with van der Waals surface area (Å²) in [5.74, 6) is 0. The second-order valence-electron chi connectivity index (χ2n) is 17.9. The predicted octanol–water partition coefficient (Wildman–Crippen LogP) is 17.1. The number of hydrogen-bond acceptors (Lipinski definition) is 2. The first-order chi connectivity index (χ1) is 33.7. The zero-order chi connectivity index (χ0) is 45.0. The van der Waals surface area contributed by atoms with E-state index >= 15 is 0 Å². The number of fused-ring (bicyclic) bond motifs is 6. The van der Waals surface area contributed by atoms with E-state index in [1.807, 2.05) is 11.8 Å². The van der Waals surface area contributed by atoms with Gasteiger partial charge in [-0.3, -0.25) is 0 Å². The van der Waals surface area contributed by atoms with E-state index in [1.54, 1.807) is 0 Å². The van der Waals surface area contributed by atoms with Gasteiger partial charge in [-0.15, -0.1) is 11.8 Å². The quantitative estimate of drug-likeness (QED) is 0.143. The number of hydrogen-bond donors (Lipinski definition) is 0. The minimum Gasteiger partial charge on any atom is -0.328 e. The second kappa shape index (κ2) is 16.6. The zero-order valence-corrected chi connectivity index (χ0v) is 38.2. The summed E-state index contributed by atoms with van der Waals surface area (Å²) in [6, 6.07) is 93.9. The maximum Gasteiger partial charge on any atom is 0.0880 e.